The van der Waals surface area contributed by atoms with Gasteiger partial charge in [-0.25, -0.2) is 0 Å². The Morgan fingerprint density at radius 2 is 2.09 bits per heavy atom. The minimum Gasteiger partial charge on any atom is -0.380 e. The molecule has 1 aromatic heterocycles. The smallest absolute Gasteiger partial charge is 0.250 e. The molecule has 0 amide bonds. The molecule has 0 unspecified atom stereocenters. The summed E-state index contributed by atoms with van der Waals surface area (Å²) in [6, 6.07) is 10.4. The van der Waals surface area contributed by atoms with E-state index in [1.807, 2.05) is 37.4 Å². The van der Waals surface area contributed by atoms with E-state index >= 15 is 0 Å². The van der Waals surface area contributed by atoms with Crippen molar-refractivity contribution in [2.24, 2.45) is 0 Å². The van der Waals surface area contributed by atoms with Crippen molar-refractivity contribution in [2.45, 2.75) is 18.6 Å². The van der Waals surface area contributed by atoms with Gasteiger partial charge in [-0.15, -0.1) is 0 Å². The Morgan fingerprint density at radius 1 is 1.32 bits per heavy atom. The lowest BCUT2D eigenvalue weighted by Crippen LogP contribution is -2.37. The number of ether oxygens (including phenoxy) is 1. The summed E-state index contributed by atoms with van der Waals surface area (Å²) < 4.78 is 7.24. The topological polar surface area (TPSA) is 59.3 Å². The Kier molecular flexibility index (Phi) is 4.35. The number of hydrogen-bond donors (Lipinski definition) is 0. The van der Waals surface area contributed by atoms with Crippen molar-refractivity contribution < 1.29 is 4.74 Å². The molecule has 0 aliphatic carbocycles. The van der Waals surface area contributed by atoms with Crippen LogP contribution in [0, 0.1) is 0 Å². The van der Waals surface area contributed by atoms with Crippen LogP contribution < -0.4 is 4.90 Å². The molecule has 1 aromatic carbocycles. The number of methoxy groups -OCH3 is 1. The summed E-state index contributed by atoms with van der Waals surface area (Å²) in [4.78, 5) is 4.44. The fraction of sp³-hybridized carbons (Fsp3) is 0.533. The van der Waals surface area contributed by atoms with Gasteiger partial charge < -0.3 is 9.64 Å². The second kappa shape index (κ2) is 6.41. The van der Waals surface area contributed by atoms with E-state index in [-0.39, 0.29) is 0 Å². The maximum atomic E-state index is 5.47. The van der Waals surface area contributed by atoms with Crippen molar-refractivity contribution in [1.82, 2.24) is 25.1 Å². The number of benzene rings is 1. The third kappa shape index (κ3) is 2.95. The number of nitrogens with zero attached hydrogens (tertiary/aromatic N) is 6. The summed E-state index contributed by atoms with van der Waals surface area (Å²) in [5.74, 6) is 0.750. The average molecular weight is 302 g/mol. The Morgan fingerprint density at radius 3 is 2.77 bits per heavy atom. The molecule has 0 spiro atoms. The standard InChI is InChI=1S/C15H22N6O/c1-19-11-14(22-3)9-13(19)10-20(2)15-16-17-18-21(15)12-7-5-4-6-8-12/h4-8,13-14H,9-11H2,1-3H3/t13-,14-/m0/s1. The van der Waals surface area contributed by atoms with E-state index in [1.165, 1.54) is 0 Å². The molecule has 0 N–H and O–H groups in total. The molecule has 3 rings (SSSR count). The van der Waals surface area contributed by atoms with Gasteiger partial charge in [-0.3, -0.25) is 4.90 Å². The van der Waals surface area contributed by atoms with E-state index < -0.39 is 0 Å². The van der Waals surface area contributed by atoms with Crippen LogP contribution >= 0.6 is 0 Å². The third-order valence-corrected chi connectivity index (χ3v) is 4.26. The van der Waals surface area contributed by atoms with Crippen LogP contribution in [0.15, 0.2) is 30.3 Å². The highest BCUT2D eigenvalue weighted by atomic mass is 16.5. The van der Waals surface area contributed by atoms with Gasteiger partial charge in [0.1, 0.15) is 0 Å². The molecular formula is C15H22N6O. The van der Waals surface area contributed by atoms with E-state index in [1.54, 1.807) is 11.8 Å². The van der Waals surface area contributed by atoms with Crippen molar-refractivity contribution in [3.8, 4) is 5.69 Å². The Labute approximate surface area is 130 Å². The van der Waals surface area contributed by atoms with Crippen molar-refractivity contribution in [2.75, 3.05) is 39.2 Å². The van der Waals surface area contributed by atoms with Gasteiger partial charge in [0.25, 0.3) is 0 Å². The van der Waals surface area contributed by atoms with Crippen molar-refractivity contribution in [3.05, 3.63) is 30.3 Å². The molecule has 118 valence electrons. The molecule has 1 aliphatic heterocycles. The average Bonchev–Trinajstić information content (AvgIpc) is 3.15. The molecule has 2 atom stereocenters. The number of tetrazole rings is 1. The van der Waals surface area contributed by atoms with E-state index in [0.29, 0.717) is 12.1 Å². The Balaban J connectivity index is 1.74. The van der Waals surface area contributed by atoms with Gasteiger partial charge in [-0.2, -0.15) is 4.68 Å². The number of aromatic nitrogens is 4. The van der Waals surface area contributed by atoms with Crippen LogP contribution in [0.5, 0.6) is 0 Å². The van der Waals surface area contributed by atoms with Gasteiger partial charge >= 0.3 is 0 Å². The predicted octanol–water partition coefficient (Wildman–Crippen LogP) is 0.818. The molecule has 2 heterocycles. The van der Waals surface area contributed by atoms with Crippen molar-refractivity contribution in [3.63, 3.8) is 0 Å². The van der Waals surface area contributed by atoms with Crippen molar-refractivity contribution in [1.29, 1.82) is 0 Å². The van der Waals surface area contributed by atoms with Crippen LogP contribution in [-0.4, -0.2) is 71.5 Å². The minimum atomic E-state index is 0.313. The van der Waals surface area contributed by atoms with E-state index in [2.05, 4.69) is 32.4 Å². The van der Waals surface area contributed by atoms with Gasteiger partial charge in [0.2, 0.25) is 5.95 Å². The maximum absolute atomic E-state index is 5.47. The first-order valence-electron chi connectivity index (χ1n) is 7.47. The monoisotopic (exact) mass is 302 g/mol. The van der Waals surface area contributed by atoms with E-state index in [9.17, 15) is 0 Å². The summed E-state index contributed by atoms with van der Waals surface area (Å²) in [6.45, 7) is 1.84. The molecule has 0 radical (unpaired) electrons. The highest BCUT2D eigenvalue weighted by Crippen LogP contribution is 2.21. The van der Waals surface area contributed by atoms with Crippen LogP contribution in [0.4, 0.5) is 5.95 Å². The van der Waals surface area contributed by atoms with Crippen LogP contribution in [0.25, 0.3) is 5.69 Å². The van der Waals surface area contributed by atoms with Crippen LogP contribution in [0.3, 0.4) is 0 Å². The molecular weight excluding hydrogens is 280 g/mol. The van der Waals surface area contributed by atoms with Crippen LogP contribution in [-0.2, 0) is 4.74 Å². The lowest BCUT2D eigenvalue weighted by molar-refractivity contribution is 0.111. The second-order valence-electron chi connectivity index (χ2n) is 5.79. The SMILES string of the molecule is CO[C@H]1C[C@@H](CN(C)c2nnnn2-c2ccccc2)N(C)C1. The quantitative estimate of drug-likeness (QED) is 0.815. The van der Waals surface area contributed by atoms with Gasteiger partial charge in [-0.1, -0.05) is 23.3 Å². The number of anilines is 1. The lowest BCUT2D eigenvalue weighted by Gasteiger charge is -2.25. The molecule has 7 heteroatoms. The zero-order valence-corrected chi connectivity index (χ0v) is 13.3. The van der Waals surface area contributed by atoms with Gasteiger partial charge in [0.05, 0.1) is 11.8 Å². The van der Waals surface area contributed by atoms with E-state index in [0.717, 1.165) is 31.1 Å². The van der Waals surface area contributed by atoms with Gasteiger partial charge in [0, 0.05) is 33.3 Å². The molecule has 1 saturated heterocycles. The maximum Gasteiger partial charge on any atom is 0.250 e. The second-order valence-corrected chi connectivity index (χ2v) is 5.79. The first-order valence-corrected chi connectivity index (χ1v) is 7.47. The summed E-state index contributed by atoms with van der Waals surface area (Å²) >= 11 is 0. The number of likely N-dealkylation sites (N-methyl/N-ethyl adjacent to an activating group) is 2. The highest BCUT2D eigenvalue weighted by Gasteiger charge is 2.31. The molecule has 1 fully saturated rings. The summed E-state index contributed by atoms with van der Waals surface area (Å²) in [5, 5.41) is 12.1. The number of para-hydroxylation sites is 1. The van der Waals surface area contributed by atoms with Gasteiger partial charge in [-0.05, 0) is 36.0 Å². The number of hydrogen-bond acceptors (Lipinski definition) is 6. The number of likely N-dealkylation sites (tertiary alicyclic amines) is 1. The predicted molar refractivity (Wildman–Crippen MR) is 84.3 cm³/mol. The van der Waals surface area contributed by atoms with Crippen LogP contribution in [0.2, 0.25) is 0 Å². The Hall–Kier alpha value is -1.99. The molecule has 22 heavy (non-hydrogen) atoms. The zero-order chi connectivity index (χ0) is 15.5. The summed E-state index contributed by atoms with van der Waals surface area (Å²) in [7, 11) is 5.94. The lowest BCUT2D eigenvalue weighted by atomic mass is 10.2. The van der Waals surface area contributed by atoms with E-state index in [4.69, 9.17) is 4.74 Å². The summed E-state index contributed by atoms with van der Waals surface area (Å²) in [5.41, 5.74) is 0.962. The molecule has 0 bridgehead atoms. The fourth-order valence-electron chi connectivity index (χ4n) is 2.97. The third-order valence-electron chi connectivity index (χ3n) is 4.26. The highest BCUT2D eigenvalue weighted by molar-refractivity contribution is 5.40. The van der Waals surface area contributed by atoms with Crippen LogP contribution in [0.1, 0.15) is 6.42 Å². The molecule has 0 saturated carbocycles. The largest absolute Gasteiger partial charge is 0.380 e. The molecule has 1 aliphatic rings. The summed E-state index contributed by atoms with van der Waals surface area (Å²) in [6.07, 6.45) is 1.35. The fourth-order valence-corrected chi connectivity index (χ4v) is 2.97. The Bertz CT molecular complexity index is 601. The minimum absolute atomic E-state index is 0.313. The zero-order valence-electron chi connectivity index (χ0n) is 13.3. The molecule has 7 nitrogen and oxygen atoms in total. The first-order chi connectivity index (χ1) is 10.7. The normalized spacial score (nSPS) is 22.1. The number of rotatable bonds is 5. The van der Waals surface area contributed by atoms with Gasteiger partial charge in [0.15, 0.2) is 0 Å². The van der Waals surface area contributed by atoms with Crippen molar-refractivity contribution >= 4 is 5.95 Å². The molecule has 2 aromatic rings. The first kappa shape index (κ1) is 14.9.